The minimum atomic E-state index is -0.223. The van der Waals surface area contributed by atoms with Gasteiger partial charge < -0.3 is 21.7 Å². The Morgan fingerprint density at radius 2 is 2.06 bits per heavy atom. The predicted molar refractivity (Wildman–Crippen MR) is 128 cm³/mol. The van der Waals surface area contributed by atoms with Gasteiger partial charge in [0.25, 0.3) is 5.91 Å². The zero-order valence-electron chi connectivity index (χ0n) is 19.2. The predicted octanol–water partition coefficient (Wildman–Crippen LogP) is 3.73. The van der Waals surface area contributed by atoms with Crippen molar-refractivity contribution in [1.82, 2.24) is 16.0 Å². The summed E-state index contributed by atoms with van der Waals surface area (Å²) in [6, 6.07) is 6.27. The van der Waals surface area contributed by atoms with Crippen molar-refractivity contribution in [1.29, 1.82) is 5.41 Å². The quantitative estimate of drug-likeness (QED) is 0.251. The molecule has 1 aromatic rings. The van der Waals surface area contributed by atoms with Crippen molar-refractivity contribution in [3.8, 4) is 0 Å². The van der Waals surface area contributed by atoms with Crippen LogP contribution < -0.4 is 21.7 Å². The number of benzene rings is 1. The van der Waals surface area contributed by atoms with Crippen LogP contribution in [0.3, 0.4) is 0 Å². The molecular weight excluding hydrogens is 386 g/mol. The zero-order chi connectivity index (χ0) is 23.1. The molecule has 2 rings (SSSR count). The van der Waals surface area contributed by atoms with Gasteiger partial charge >= 0.3 is 0 Å². The minimum absolute atomic E-state index is 0.0438. The van der Waals surface area contributed by atoms with E-state index < -0.39 is 0 Å². The summed E-state index contributed by atoms with van der Waals surface area (Å²) >= 11 is 0. The van der Waals surface area contributed by atoms with E-state index in [9.17, 15) is 4.79 Å². The van der Waals surface area contributed by atoms with Gasteiger partial charge in [-0.05, 0) is 61.6 Å². The van der Waals surface area contributed by atoms with Gasteiger partial charge in [-0.3, -0.25) is 10.2 Å². The van der Waals surface area contributed by atoms with Crippen LogP contribution in [-0.2, 0) is 11.2 Å². The van der Waals surface area contributed by atoms with Gasteiger partial charge in [0.1, 0.15) is 5.84 Å². The molecule has 6 nitrogen and oxygen atoms in total. The number of amidine groups is 1. The maximum atomic E-state index is 12.6. The van der Waals surface area contributed by atoms with Crippen LogP contribution in [0.4, 0.5) is 0 Å². The Balaban J connectivity index is 2.31. The topological polar surface area (TPSA) is 103 Å². The average Bonchev–Trinajstić information content (AvgIpc) is 3.03. The van der Waals surface area contributed by atoms with Gasteiger partial charge in [0.05, 0.1) is 5.57 Å². The molecule has 0 bridgehead atoms. The number of rotatable bonds is 8. The molecule has 1 fully saturated rings. The second-order valence-corrected chi connectivity index (χ2v) is 7.82. The number of carbonyl (C=O) groups is 1. The molecule has 6 N–H and O–H groups in total. The number of amides is 1. The molecule has 0 radical (unpaired) electrons. The van der Waals surface area contributed by atoms with Crippen LogP contribution in [-0.4, -0.2) is 18.8 Å². The van der Waals surface area contributed by atoms with Gasteiger partial charge in [0.2, 0.25) is 0 Å². The first-order valence-electron chi connectivity index (χ1n) is 10.7. The van der Waals surface area contributed by atoms with E-state index >= 15 is 0 Å². The molecule has 0 spiro atoms. The molecule has 2 unspecified atom stereocenters. The number of carbonyl (C=O) groups excluding carboxylic acids is 1. The maximum Gasteiger partial charge on any atom is 0.258 e. The van der Waals surface area contributed by atoms with E-state index in [4.69, 9.17) is 11.1 Å². The minimum Gasteiger partial charge on any atom is -0.394 e. The highest BCUT2D eigenvalue weighted by atomic mass is 16.2. The molecule has 0 saturated carbocycles. The molecule has 1 saturated heterocycles. The Hall–Kier alpha value is -3.12. The van der Waals surface area contributed by atoms with Gasteiger partial charge in [-0.15, -0.1) is 0 Å². The molecule has 31 heavy (non-hydrogen) atoms. The van der Waals surface area contributed by atoms with Crippen molar-refractivity contribution in [3.63, 3.8) is 0 Å². The lowest BCUT2D eigenvalue weighted by atomic mass is 9.87. The lowest BCUT2D eigenvalue weighted by Gasteiger charge is -2.23. The molecule has 166 valence electrons. The van der Waals surface area contributed by atoms with E-state index in [-0.39, 0.29) is 23.7 Å². The Kier molecular flexibility index (Phi) is 8.39. The lowest BCUT2D eigenvalue weighted by molar-refractivity contribution is -0.115. The zero-order valence-corrected chi connectivity index (χ0v) is 19.2. The van der Waals surface area contributed by atoms with E-state index in [0.717, 1.165) is 18.4 Å². The van der Waals surface area contributed by atoms with E-state index in [1.54, 1.807) is 26.2 Å². The van der Waals surface area contributed by atoms with Crippen LogP contribution in [0.25, 0.3) is 0 Å². The van der Waals surface area contributed by atoms with Gasteiger partial charge in [0.15, 0.2) is 0 Å². The summed E-state index contributed by atoms with van der Waals surface area (Å²) in [5, 5.41) is 16.6. The fraction of sp³-hybridized carbons (Fsp3) is 0.360. The summed E-state index contributed by atoms with van der Waals surface area (Å²) in [4.78, 5) is 12.6. The molecule has 1 aliphatic heterocycles. The van der Waals surface area contributed by atoms with E-state index in [2.05, 4.69) is 61.5 Å². The summed E-state index contributed by atoms with van der Waals surface area (Å²) in [6.45, 7) is 12.2. The summed E-state index contributed by atoms with van der Waals surface area (Å²) in [6.07, 6.45) is 7.04. The fourth-order valence-electron chi connectivity index (χ4n) is 3.73. The first kappa shape index (κ1) is 24.2. The third-order valence-electron chi connectivity index (χ3n) is 5.64. The van der Waals surface area contributed by atoms with Gasteiger partial charge in [-0.25, -0.2) is 0 Å². The van der Waals surface area contributed by atoms with Crippen molar-refractivity contribution in [2.45, 2.75) is 46.6 Å². The summed E-state index contributed by atoms with van der Waals surface area (Å²) in [5.41, 5.74) is 12.6. The van der Waals surface area contributed by atoms with E-state index in [1.807, 2.05) is 6.08 Å². The third-order valence-corrected chi connectivity index (χ3v) is 5.64. The summed E-state index contributed by atoms with van der Waals surface area (Å²) in [7, 11) is 1.76. The highest BCUT2D eigenvalue weighted by molar-refractivity contribution is 6.06. The number of hydrogen-bond donors (Lipinski definition) is 5. The highest BCUT2D eigenvalue weighted by Gasteiger charge is 2.29. The molecule has 1 aromatic carbocycles. The summed E-state index contributed by atoms with van der Waals surface area (Å²) < 4.78 is 0. The highest BCUT2D eigenvalue weighted by Crippen LogP contribution is 2.32. The number of nitrogens with one attached hydrogen (secondary N) is 4. The van der Waals surface area contributed by atoms with Gasteiger partial charge in [0, 0.05) is 30.1 Å². The molecule has 6 heteroatoms. The third kappa shape index (κ3) is 5.73. The van der Waals surface area contributed by atoms with Crippen LogP contribution in [0.1, 0.15) is 49.9 Å². The molecule has 1 aliphatic rings. The number of hydrogen-bond acceptors (Lipinski definition) is 4. The smallest absolute Gasteiger partial charge is 0.258 e. The molecule has 0 aliphatic carbocycles. The SMILES string of the molecule is C=C1/C(=C(\C)NC(=N)/C=C\NC)C(=O)N/C1=C/C(CC)C(N)c1cc(CC)ccc1C. The van der Waals surface area contributed by atoms with E-state index in [1.165, 1.54) is 11.1 Å². The molecular formula is C25H35N5O. The van der Waals surface area contributed by atoms with Crippen LogP contribution >= 0.6 is 0 Å². The monoisotopic (exact) mass is 421 g/mol. The largest absolute Gasteiger partial charge is 0.394 e. The van der Waals surface area contributed by atoms with Crippen LogP contribution in [0.2, 0.25) is 0 Å². The summed E-state index contributed by atoms with van der Waals surface area (Å²) in [5.74, 6) is -0.00122. The Morgan fingerprint density at radius 3 is 2.68 bits per heavy atom. The normalized spacial score (nSPS) is 18.8. The van der Waals surface area contributed by atoms with Crippen LogP contribution in [0, 0.1) is 18.3 Å². The van der Waals surface area contributed by atoms with Crippen LogP contribution in [0.15, 0.2) is 65.7 Å². The van der Waals surface area contributed by atoms with Crippen molar-refractivity contribution in [3.05, 3.63) is 82.4 Å². The molecule has 2 atom stereocenters. The first-order chi connectivity index (χ1) is 14.7. The Labute approximate surface area is 185 Å². The molecule has 0 aromatic heterocycles. The van der Waals surface area contributed by atoms with Crippen molar-refractivity contribution in [2.24, 2.45) is 11.7 Å². The number of nitrogens with two attached hydrogens (primary N) is 1. The first-order valence-corrected chi connectivity index (χ1v) is 10.7. The van der Waals surface area contributed by atoms with Crippen molar-refractivity contribution < 1.29 is 4.79 Å². The van der Waals surface area contributed by atoms with Gasteiger partial charge in [-0.2, -0.15) is 0 Å². The lowest BCUT2D eigenvalue weighted by Crippen LogP contribution is -2.23. The van der Waals surface area contributed by atoms with E-state index in [0.29, 0.717) is 22.5 Å². The fourth-order valence-corrected chi connectivity index (χ4v) is 3.73. The molecule has 1 amide bonds. The second kappa shape index (κ2) is 10.8. The van der Waals surface area contributed by atoms with Crippen molar-refractivity contribution >= 4 is 11.7 Å². The molecule has 1 heterocycles. The van der Waals surface area contributed by atoms with Gasteiger partial charge in [-0.1, -0.05) is 44.7 Å². The Morgan fingerprint density at radius 1 is 1.35 bits per heavy atom. The average molecular weight is 422 g/mol. The standard InChI is InChI=1S/C25H35N5O/c1-7-18-10-9-15(3)20(13-18)24(27)19(8-2)14-21-16(4)23(25(31)30-21)17(5)29-22(26)11-12-28-6/h9-14,19,24,28H,4,7-8,27H2,1-3,5-6H3,(H2,26,29)(H,30,31)/b12-11-,21-14+,23-17-. The van der Waals surface area contributed by atoms with Crippen LogP contribution in [0.5, 0.6) is 0 Å². The maximum absolute atomic E-state index is 12.6. The van der Waals surface area contributed by atoms with Crippen molar-refractivity contribution in [2.75, 3.05) is 7.05 Å². The second-order valence-electron chi connectivity index (χ2n) is 7.82. The Bertz CT molecular complexity index is 955. The number of allylic oxidation sites excluding steroid dienone is 2. The number of aryl methyl sites for hydroxylation is 2.